The Morgan fingerprint density at radius 3 is 1.69 bits per heavy atom. The second-order valence-electron chi connectivity index (χ2n) is 25.6. The fourth-order valence-electron chi connectivity index (χ4n) is 16.2. The Morgan fingerprint density at radius 2 is 1.20 bits per heavy atom. The first kappa shape index (κ1) is 53.2. The third kappa shape index (κ3) is 8.86. The first-order valence-electron chi connectivity index (χ1n) is 27.8. The Balaban J connectivity index is 0.976. The monoisotopic (exact) mass is 1040 g/mol. The number of benzene rings is 4. The smallest absolute Gasteiger partial charge is 0.331 e. The minimum absolute atomic E-state index is 0.0339. The molecule has 4 aromatic carbocycles. The van der Waals surface area contributed by atoms with Crippen LogP contribution in [0.5, 0.6) is 0 Å². The minimum Gasteiger partial charge on any atom is -0.462 e. The maximum Gasteiger partial charge on any atom is 0.331 e. The van der Waals surface area contributed by atoms with Crippen molar-refractivity contribution in [2.24, 2.45) is 34.5 Å². The molecule has 1 N–H and O–H groups in total. The predicted molar refractivity (Wildman–Crippen MR) is 295 cm³/mol. The third-order valence-electron chi connectivity index (χ3n) is 19.7. The summed E-state index contributed by atoms with van der Waals surface area (Å²) >= 11 is 0. The van der Waals surface area contributed by atoms with E-state index in [9.17, 15) is 14.7 Å². The van der Waals surface area contributed by atoms with Crippen LogP contribution < -0.4 is 20.7 Å². The number of ether oxygens (including phenoxy) is 4. The molecule has 2 heterocycles. The molecule has 0 aromatic heterocycles. The van der Waals surface area contributed by atoms with E-state index >= 15 is 0 Å². The Labute approximate surface area is 443 Å². The first-order chi connectivity index (χ1) is 35.2. The molecule has 10 rings (SSSR count). The summed E-state index contributed by atoms with van der Waals surface area (Å²) in [4.78, 5) is 25.3. The van der Waals surface area contributed by atoms with E-state index in [0.717, 1.165) is 44.1 Å². The minimum atomic E-state index is -3.12. The van der Waals surface area contributed by atoms with Gasteiger partial charge in [-0.2, -0.15) is 0 Å². The largest absolute Gasteiger partial charge is 0.462 e. The second-order valence-corrected chi connectivity index (χ2v) is 34.1. The molecule has 11 heteroatoms. The lowest BCUT2D eigenvalue weighted by Crippen LogP contribution is -2.73. The lowest BCUT2D eigenvalue weighted by Gasteiger charge is -2.65. The van der Waals surface area contributed by atoms with Gasteiger partial charge >= 0.3 is 11.9 Å². The molecule has 2 aliphatic heterocycles. The van der Waals surface area contributed by atoms with Crippen molar-refractivity contribution in [2.75, 3.05) is 6.61 Å². The van der Waals surface area contributed by atoms with Crippen LogP contribution in [0.25, 0.3) is 0 Å². The quantitative estimate of drug-likeness (QED) is 0.0843. The number of carbonyl (C=O) groups is 2. The average Bonchev–Trinajstić information content (AvgIpc) is 3.93. The highest BCUT2D eigenvalue weighted by molar-refractivity contribution is 7.00. The Bertz CT molecular complexity index is 2570. The van der Waals surface area contributed by atoms with Gasteiger partial charge in [0.15, 0.2) is 6.29 Å². The van der Waals surface area contributed by atoms with Gasteiger partial charge in [-0.15, -0.1) is 0 Å². The van der Waals surface area contributed by atoms with E-state index in [1.807, 2.05) is 0 Å². The SMILES string of the molecule is CC(=O)OC1CC2C(CCC3CC(OC4CC(O[Si](c5ccccc5)(c5ccccc5)C(C)(C)C)C(O[Si](c5ccccc5)(c5ccccc5)C(C)(C)C)C(C)O4)CCC32C)C2(O)CCC(C3=CC(=O)OC3)C12C. The number of esters is 2. The molecule has 0 radical (unpaired) electrons. The first-order valence-corrected chi connectivity index (χ1v) is 31.6. The van der Waals surface area contributed by atoms with E-state index in [2.05, 4.69) is 184 Å². The van der Waals surface area contributed by atoms with E-state index in [1.54, 1.807) is 6.08 Å². The standard InChI is InChI=1S/C63H82O9Si2/c1-42-58(72-74(60(6,7)8,49-27-19-13-20-28-49)50-29-21-14-22-30-50)54(71-73(59(3,4)5,47-23-15-11-16-24-47)48-25-17-12-18-26-48)40-57(68-42)70-46-33-35-61(9)45(38-46)31-32-52-53(61)39-55(69-43(2)64)62(10)51(34-36-63(52,62)66)44-37-56(65)67-41-44/h11-30,37,42,45-46,51-55,57-58,66H,31-36,38-41H2,1-10H3. The lowest BCUT2D eigenvalue weighted by atomic mass is 9.42. The molecule has 0 spiro atoms. The van der Waals surface area contributed by atoms with E-state index in [0.29, 0.717) is 25.2 Å². The zero-order chi connectivity index (χ0) is 52.5. The summed E-state index contributed by atoms with van der Waals surface area (Å²) in [5.74, 6) is -0.198. The Hall–Kier alpha value is -4.21. The molecule has 0 amide bonds. The Kier molecular flexibility index (Phi) is 14.4. The van der Waals surface area contributed by atoms with Crippen molar-refractivity contribution in [1.82, 2.24) is 0 Å². The molecule has 74 heavy (non-hydrogen) atoms. The number of carbonyl (C=O) groups excluding carboxylic acids is 2. The summed E-state index contributed by atoms with van der Waals surface area (Å²) < 4.78 is 42.6. The number of aliphatic hydroxyl groups is 1. The predicted octanol–water partition coefficient (Wildman–Crippen LogP) is 10.2. The van der Waals surface area contributed by atoms with Gasteiger partial charge < -0.3 is 32.9 Å². The van der Waals surface area contributed by atoms with Crippen molar-refractivity contribution < 1.29 is 42.5 Å². The van der Waals surface area contributed by atoms with Gasteiger partial charge in [0.25, 0.3) is 16.6 Å². The molecule has 9 nitrogen and oxygen atoms in total. The molecular weight excluding hydrogens is 957 g/mol. The summed E-state index contributed by atoms with van der Waals surface area (Å²) in [6.45, 7) is 22.5. The average molecular weight is 1040 g/mol. The topological polar surface area (TPSA) is 110 Å². The van der Waals surface area contributed by atoms with Gasteiger partial charge in [0.1, 0.15) is 12.7 Å². The highest BCUT2D eigenvalue weighted by Gasteiger charge is 2.72. The molecule has 4 aliphatic carbocycles. The highest BCUT2D eigenvalue weighted by atomic mass is 28.4. The number of hydrogen-bond donors (Lipinski definition) is 1. The molecule has 4 aromatic rings. The van der Waals surface area contributed by atoms with Gasteiger partial charge in [0, 0.05) is 24.8 Å². The van der Waals surface area contributed by atoms with Crippen molar-refractivity contribution in [3.05, 3.63) is 133 Å². The van der Waals surface area contributed by atoms with Crippen LogP contribution >= 0.6 is 0 Å². The molecule has 6 aliphatic rings. The van der Waals surface area contributed by atoms with Crippen LogP contribution in [-0.4, -0.2) is 82.7 Å². The summed E-state index contributed by atoms with van der Waals surface area (Å²) in [5, 5.41) is 17.5. The summed E-state index contributed by atoms with van der Waals surface area (Å²) in [7, 11) is -6.23. The summed E-state index contributed by atoms with van der Waals surface area (Å²) in [6, 6.07) is 43.6. The molecule has 5 fully saturated rings. The molecular formula is C63H82O9Si2. The van der Waals surface area contributed by atoms with E-state index in [1.165, 1.54) is 27.7 Å². The molecule has 1 saturated heterocycles. The zero-order valence-corrected chi connectivity index (χ0v) is 47.7. The third-order valence-corrected chi connectivity index (χ3v) is 29.8. The van der Waals surface area contributed by atoms with Crippen LogP contribution in [0.1, 0.15) is 127 Å². The van der Waals surface area contributed by atoms with Crippen LogP contribution in [0.2, 0.25) is 10.1 Å². The number of cyclic esters (lactones) is 1. The van der Waals surface area contributed by atoms with Gasteiger partial charge in [-0.3, -0.25) is 4.79 Å². The van der Waals surface area contributed by atoms with Crippen LogP contribution in [0.15, 0.2) is 133 Å². The Morgan fingerprint density at radius 1 is 0.676 bits per heavy atom. The van der Waals surface area contributed by atoms with E-state index < -0.39 is 52.3 Å². The van der Waals surface area contributed by atoms with Crippen molar-refractivity contribution in [2.45, 2.75) is 180 Å². The zero-order valence-electron chi connectivity index (χ0n) is 45.7. The molecule has 0 bridgehead atoms. The van der Waals surface area contributed by atoms with Crippen LogP contribution in [0.4, 0.5) is 0 Å². The van der Waals surface area contributed by atoms with Gasteiger partial charge in [-0.1, -0.05) is 177 Å². The summed E-state index contributed by atoms with van der Waals surface area (Å²) in [5.41, 5.74) is -0.953. The molecule has 4 saturated carbocycles. The van der Waals surface area contributed by atoms with Crippen LogP contribution in [0.3, 0.4) is 0 Å². The van der Waals surface area contributed by atoms with Crippen molar-refractivity contribution >= 4 is 49.3 Å². The van der Waals surface area contributed by atoms with Crippen LogP contribution in [-0.2, 0) is 37.4 Å². The van der Waals surface area contributed by atoms with E-state index in [4.69, 9.17) is 27.8 Å². The van der Waals surface area contributed by atoms with Gasteiger partial charge in [-0.05, 0) is 124 Å². The number of rotatable bonds is 12. The van der Waals surface area contributed by atoms with Crippen molar-refractivity contribution in [3.8, 4) is 0 Å². The fourth-order valence-corrected chi connectivity index (χ4v) is 25.7. The molecule has 13 unspecified atom stereocenters. The lowest BCUT2D eigenvalue weighted by molar-refractivity contribution is -0.272. The summed E-state index contributed by atoms with van der Waals surface area (Å²) in [6.07, 6.45) is 6.46. The molecule has 13 atom stereocenters. The van der Waals surface area contributed by atoms with E-state index in [-0.39, 0.29) is 64.0 Å². The second kappa shape index (κ2) is 20.0. The normalized spacial score (nSPS) is 34.4. The number of fused-ring (bicyclic) bond motifs is 5. The maximum absolute atomic E-state index is 13.2. The molecule has 396 valence electrons. The maximum atomic E-state index is 13.2. The van der Waals surface area contributed by atoms with Crippen LogP contribution in [0, 0.1) is 34.5 Å². The van der Waals surface area contributed by atoms with Gasteiger partial charge in [0.05, 0.1) is 30.0 Å². The van der Waals surface area contributed by atoms with Crippen molar-refractivity contribution in [1.29, 1.82) is 0 Å². The highest BCUT2D eigenvalue weighted by Crippen LogP contribution is 2.70. The van der Waals surface area contributed by atoms with Gasteiger partial charge in [0.2, 0.25) is 0 Å². The number of hydrogen-bond acceptors (Lipinski definition) is 9. The van der Waals surface area contributed by atoms with Gasteiger partial charge in [-0.25, -0.2) is 4.79 Å². The van der Waals surface area contributed by atoms with Crippen molar-refractivity contribution in [3.63, 3.8) is 0 Å². The fraction of sp³-hybridized carbons (Fsp3) is 0.556.